The number of hydrogen-bond acceptors (Lipinski definition) is 6. The normalized spacial score (nSPS) is 12.4. The molecule has 1 aromatic carbocycles. The fraction of sp³-hybridized carbons (Fsp3) is 0.154. The van der Waals surface area contributed by atoms with E-state index in [1.54, 1.807) is 6.20 Å². The van der Waals surface area contributed by atoms with E-state index in [0.29, 0.717) is 11.5 Å². The van der Waals surface area contributed by atoms with Crippen LogP contribution in [-0.4, -0.2) is 31.9 Å². The van der Waals surface area contributed by atoms with Crippen molar-refractivity contribution in [2.75, 3.05) is 17.7 Å². The first-order valence-corrected chi connectivity index (χ1v) is 6.17. The Morgan fingerprint density at radius 2 is 2.05 bits per heavy atom. The van der Waals surface area contributed by atoms with Crippen molar-refractivity contribution in [1.29, 1.82) is 0 Å². The minimum atomic E-state index is -0.274. The van der Waals surface area contributed by atoms with Gasteiger partial charge in [0.25, 0.3) is 0 Å². The predicted octanol–water partition coefficient (Wildman–Crippen LogP) is 1.08. The Labute approximate surface area is 114 Å². The minimum absolute atomic E-state index is 0.0622. The number of nitrogen functional groups attached to an aromatic ring is 1. The molecule has 1 unspecified atom stereocenters. The second kappa shape index (κ2) is 5.14. The molecule has 102 valence electrons. The van der Waals surface area contributed by atoms with Crippen LogP contribution in [0.1, 0.15) is 11.6 Å². The number of aromatic amines is 1. The molecule has 0 aliphatic carbocycles. The van der Waals surface area contributed by atoms with Crippen molar-refractivity contribution in [2.45, 2.75) is 6.04 Å². The van der Waals surface area contributed by atoms with Gasteiger partial charge in [0.05, 0.1) is 24.2 Å². The largest absolute Gasteiger partial charge is 0.394 e. The van der Waals surface area contributed by atoms with Gasteiger partial charge in [-0.1, -0.05) is 30.3 Å². The highest BCUT2D eigenvalue weighted by atomic mass is 16.3. The van der Waals surface area contributed by atoms with Gasteiger partial charge in [0, 0.05) is 0 Å². The molecule has 7 nitrogen and oxygen atoms in total. The summed E-state index contributed by atoms with van der Waals surface area (Å²) in [7, 11) is 0. The molecule has 0 aliphatic heterocycles. The van der Waals surface area contributed by atoms with Gasteiger partial charge in [0.15, 0.2) is 5.65 Å². The van der Waals surface area contributed by atoms with Gasteiger partial charge >= 0.3 is 0 Å². The summed E-state index contributed by atoms with van der Waals surface area (Å²) in [5.41, 5.74) is 7.19. The molecular formula is C13H14N6O. The molecular weight excluding hydrogens is 256 g/mol. The summed E-state index contributed by atoms with van der Waals surface area (Å²) in [6.07, 6.45) is 1.62. The maximum Gasteiger partial charge on any atom is 0.224 e. The number of fused-ring (bicyclic) bond motifs is 1. The minimum Gasteiger partial charge on any atom is -0.394 e. The molecule has 0 fully saturated rings. The number of nitrogens with one attached hydrogen (secondary N) is 2. The first-order valence-electron chi connectivity index (χ1n) is 6.17. The smallest absolute Gasteiger partial charge is 0.224 e. The Morgan fingerprint density at radius 1 is 1.25 bits per heavy atom. The van der Waals surface area contributed by atoms with Crippen molar-refractivity contribution in [3.05, 3.63) is 42.1 Å². The monoisotopic (exact) mass is 270 g/mol. The highest BCUT2D eigenvalue weighted by Gasteiger charge is 2.14. The van der Waals surface area contributed by atoms with E-state index in [1.807, 2.05) is 30.3 Å². The van der Waals surface area contributed by atoms with Crippen molar-refractivity contribution >= 4 is 22.8 Å². The lowest BCUT2D eigenvalue weighted by Gasteiger charge is -2.17. The van der Waals surface area contributed by atoms with Crippen LogP contribution in [-0.2, 0) is 0 Å². The third-order valence-corrected chi connectivity index (χ3v) is 3.02. The van der Waals surface area contributed by atoms with E-state index in [9.17, 15) is 5.11 Å². The molecule has 3 aromatic rings. The van der Waals surface area contributed by atoms with E-state index in [4.69, 9.17) is 5.73 Å². The Morgan fingerprint density at radius 3 is 2.80 bits per heavy atom. The van der Waals surface area contributed by atoms with Gasteiger partial charge in [-0.3, -0.25) is 5.10 Å². The molecule has 0 radical (unpaired) electrons. The number of aliphatic hydroxyl groups is 1. The lowest BCUT2D eigenvalue weighted by molar-refractivity contribution is 0.276. The van der Waals surface area contributed by atoms with Crippen LogP contribution < -0.4 is 11.1 Å². The van der Waals surface area contributed by atoms with Gasteiger partial charge in [0.1, 0.15) is 5.82 Å². The number of aromatic nitrogens is 4. The van der Waals surface area contributed by atoms with E-state index in [-0.39, 0.29) is 18.6 Å². The van der Waals surface area contributed by atoms with Crippen molar-refractivity contribution in [1.82, 2.24) is 20.2 Å². The maximum absolute atomic E-state index is 9.57. The highest BCUT2D eigenvalue weighted by Crippen LogP contribution is 2.24. The molecule has 0 spiro atoms. The number of hydrogen-bond donors (Lipinski definition) is 4. The summed E-state index contributed by atoms with van der Waals surface area (Å²) in [5, 5.41) is 20.1. The van der Waals surface area contributed by atoms with Gasteiger partial charge in [-0.05, 0) is 5.56 Å². The van der Waals surface area contributed by atoms with Crippen LogP contribution in [0.3, 0.4) is 0 Å². The molecule has 3 rings (SSSR count). The molecule has 0 saturated heterocycles. The van der Waals surface area contributed by atoms with Gasteiger partial charge in [-0.25, -0.2) is 0 Å². The van der Waals surface area contributed by atoms with Crippen LogP contribution in [0.25, 0.3) is 11.0 Å². The molecule has 2 heterocycles. The van der Waals surface area contributed by atoms with E-state index < -0.39 is 0 Å². The first-order chi connectivity index (χ1) is 9.78. The van der Waals surface area contributed by atoms with E-state index in [0.717, 1.165) is 10.9 Å². The summed E-state index contributed by atoms with van der Waals surface area (Å²) in [4.78, 5) is 8.22. The zero-order chi connectivity index (χ0) is 13.9. The Kier molecular flexibility index (Phi) is 3.18. The molecule has 0 bridgehead atoms. The van der Waals surface area contributed by atoms with Gasteiger partial charge < -0.3 is 16.2 Å². The van der Waals surface area contributed by atoms with E-state index in [2.05, 4.69) is 25.5 Å². The van der Waals surface area contributed by atoms with Gasteiger partial charge in [-0.15, -0.1) is 0 Å². The third-order valence-electron chi connectivity index (χ3n) is 3.02. The second-order valence-corrected chi connectivity index (χ2v) is 4.35. The quantitative estimate of drug-likeness (QED) is 0.564. The Balaban J connectivity index is 1.97. The Bertz CT molecular complexity index is 711. The van der Waals surface area contributed by atoms with Crippen LogP contribution in [0.5, 0.6) is 0 Å². The van der Waals surface area contributed by atoms with Crippen molar-refractivity contribution in [3.63, 3.8) is 0 Å². The topological polar surface area (TPSA) is 113 Å². The molecule has 0 saturated carbocycles. The number of nitrogens with zero attached hydrogens (tertiary/aromatic N) is 3. The lowest BCUT2D eigenvalue weighted by atomic mass is 10.1. The predicted molar refractivity (Wildman–Crippen MR) is 76.0 cm³/mol. The fourth-order valence-corrected chi connectivity index (χ4v) is 2.05. The van der Waals surface area contributed by atoms with Crippen LogP contribution in [0.2, 0.25) is 0 Å². The second-order valence-electron chi connectivity index (χ2n) is 4.35. The SMILES string of the molecule is Nc1nc(NC(CO)c2ccccc2)c2cn[nH]c2n1. The standard InChI is InChI=1S/C13H14N6O/c14-13-17-11(9-6-15-19-12(9)18-13)16-10(7-20)8-4-2-1-3-5-8/h1-6,10,20H,7H2,(H4,14,15,16,17,18,19). The van der Waals surface area contributed by atoms with Crippen LogP contribution in [0, 0.1) is 0 Å². The molecule has 2 aromatic heterocycles. The summed E-state index contributed by atoms with van der Waals surface area (Å²) in [5.74, 6) is 0.693. The number of aliphatic hydroxyl groups excluding tert-OH is 1. The van der Waals surface area contributed by atoms with Crippen molar-refractivity contribution < 1.29 is 5.11 Å². The summed E-state index contributed by atoms with van der Waals surface area (Å²) in [6, 6.07) is 9.36. The molecule has 7 heteroatoms. The van der Waals surface area contributed by atoms with E-state index >= 15 is 0 Å². The summed E-state index contributed by atoms with van der Waals surface area (Å²) in [6.45, 7) is -0.0622. The van der Waals surface area contributed by atoms with Crippen molar-refractivity contribution in [2.24, 2.45) is 0 Å². The average Bonchev–Trinajstić information content (AvgIpc) is 2.93. The molecule has 20 heavy (non-hydrogen) atoms. The molecule has 1 atom stereocenters. The van der Waals surface area contributed by atoms with Gasteiger partial charge in [0.2, 0.25) is 5.95 Å². The fourth-order valence-electron chi connectivity index (χ4n) is 2.05. The first kappa shape index (κ1) is 12.4. The highest BCUT2D eigenvalue weighted by molar-refractivity contribution is 5.86. The van der Waals surface area contributed by atoms with Crippen LogP contribution in [0.15, 0.2) is 36.5 Å². The molecule has 0 amide bonds. The molecule has 5 N–H and O–H groups in total. The number of benzene rings is 1. The third kappa shape index (κ3) is 2.26. The Hall–Kier alpha value is -2.67. The number of H-pyrrole nitrogens is 1. The zero-order valence-electron chi connectivity index (χ0n) is 10.6. The maximum atomic E-state index is 9.57. The zero-order valence-corrected chi connectivity index (χ0v) is 10.6. The average molecular weight is 270 g/mol. The van der Waals surface area contributed by atoms with E-state index in [1.165, 1.54) is 0 Å². The summed E-state index contributed by atoms with van der Waals surface area (Å²) < 4.78 is 0. The lowest BCUT2D eigenvalue weighted by Crippen LogP contribution is -2.16. The number of nitrogens with two attached hydrogens (primary N) is 1. The van der Waals surface area contributed by atoms with Crippen molar-refractivity contribution in [3.8, 4) is 0 Å². The summed E-state index contributed by atoms with van der Waals surface area (Å²) >= 11 is 0. The van der Waals surface area contributed by atoms with Gasteiger partial charge in [-0.2, -0.15) is 15.1 Å². The number of anilines is 2. The number of rotatable bonds is 4. The van der Waals surface area contributed by atoms with Crippen LogP contribution in [0.4, 0.5) is 11.8 Å². The molecule has 0 aliphatic rings. The van der Waals surface area contributed by atoms with Crippen LogP contribution >= 0.6 is 0 Å².